The molecular formula is C99H90Cl11F4N21O6. The van der Waals surface area contributed by atoms with Crippen LogP contribution in [0.25, 0.3) is 83.9 Å². The quantitative estimate of drug-likeness (QED) is 0.0282. The second-order valence-electron chi connectivity index (χ2n) is 35.3. The smallest absolute Gasteiger partial charge is 0.276 e. The molecule has 0 bridgehead atoms. The lowest BCUT2D eigenvalue weighted by Crippen LogP contribution is -2.58. The maximum Gasteiger partial charge on any atom is 0.276 e. The summed E-state index contributed by atoms with van der Waals surface area (Å²) in [6.07, 6.45) is 8.65. The summed E-state index contributed by atoms with van der Waals surface area (Å²) in [6.45, 7) is 40.6. The zero-order valence-corrected chi connectivity index (χ0v) is 86.7. The highest BCUT2D eigenvalue weighted by Crippen LogP contribution is 2.52. The van der Waals surface area contributed by atoms with Crippen LogP contribution in [-0.4, -0.2) is 152 Å². The molecule has 141 heavy (non-hydrogen) atoms. The number of aryl methyl sites for hydroxylation is 3. The van der Waals surface area contributed by atoms with Gasteiger partial charge in [-0.15, -0.1) is 0 Å². The zero-order valence-electron chi connectivity index (χ0n) is 78.4. The van der Waals surface area contributed by atoms with Crippen LogP contribution >= 0.6 is 128 Å². The van der Waals surface area contributed by atoms with Crippen LogP contribution in [0.3, 0.4) is 0 Å². The lowest BCUT2D eigenvalue weighted by Gasteiger charge is -2.45. The summed E-state index contributed by atoms with van der Waals surface area (Å²) in [5, 5.41) is 29.1. The van der Waals surface area contributed by atoms with Crippen molar-refractivity contribution in [2.45, 2.75) is 158 Å². The topological polar surface area (TPSA) is 363 Å². The van der Waals surface area contributed by atoms with E-state index in [1.165, 1.54) is 50.1 Å². The van der Waals surface area contributed by atoms with E-state index in [0.29, 0.717) is 73.0 Å². The third kappa shape index (κ3) is 18.7. The van der Waals surface area contributed by atoms with E-state index in [1.54, 1.807) is 58.4 Å². The summed E-state index contributed by atoms with van der Waals surface area (Å²) >= 11 is 70.9. The van der Waals surface area contributed by atoms with Gasteiger partial charge in [0.2, 0.25) is 17.7 Å². The van der Waals surface area contributed by atoms with Crippen LogP contribution < -0.4 is 48.6 Å². The van der Waals surface area contributed by atoms with E-state index < -0.39 is 81.3 Å². The molecule has 6 atom stereocenters. The summed E-state index contributed by atoms with van der Waals surface area (Å²) in [6, 6.07) is 14.2. The van der Waals surface area contributed by atoms with Gasteiger partial charge < -0.3 is 46.6 Å². The number of anilines is 6. The number of piperazine rings is 3. The highest BCUT2D eigenvalue weighted by atomic mass is 35.5. The number of fused-ring (bicyclic) bond motifs is 3. The normalized spacial score (nSPS) is 16.6. The Kier molecular flexibility index (Phi) is 31.6. The first-order chi connectivity index (χ1) is 66.5. The molecule has 27 nitrogen and oxygen atoms in total. The molecule has 0 unspecified atom stereocenters. The average molecular weight is 2140 g/mol. The lowest BCUT2D eigenvalue weighted by molar-refractivity contribution is -0.131. The molecule has 0 saturated carbocycles. The summed E-state index contributed by atoms with van der Waals surface area (Å²) in [7, 11) is 0. The molecule has 3 fully saturated rings. The number of nitrogens with zero attached hydrogens (tertiary/aromatic N) is 18. The number of carbonyl (C=O) groups excluding carboxylic acids is 3. The van der Waals surface area contributed by atoms with Gasteiger partial charge >= 0.3 is 0 Å². The number of halogens is 15. The molecule has 0 radical (unpaired) electrons. The van der Waals surface area contributed by atoms with Gasteiger partial charge in [0.1, 0.15) is 66.9 Å². The number of nitriles is 3. The number of carbonyl (C=O) groups is 3. The zero-order chi connectivity index (χ0) is 104. The standard InChI is InChI=1S/2C33H30Cl4FN7O2.C33H30Cl3F2N7O2/c2*1-7-21(46)44-16(5)12-43(13-17(44)6)31-18-10-20(34)29(22-23(35)26(38)25(37)27(40)24(22)36)42-32(18)45(33(47)19(31)11-39)30-15(4)8-9-41-28(30)14(2)3;1-7-21(46)44-16(5)12-43(13-17(44)6)31-18-10-20(34)29(22-23(35)27(40)24(36)26(38)25(22)37)42-32(18)45(33(47)19(31)11-39)30-15(4)8-9-41-28(30)14(2)3/h3*7-10,14,16-17H,1,12-13,40H2,2-6H3/t3*16-,17+. The first-order valence-corrected chi connectivity index (χ1v) is 48.0. The molecule has 732 valence electrons. The second kappa shape index (κ2) is 41.9. The average Bonchev–Trinajstić information content (AvgIpc) is 0.725. The first-order valence-electron chi connectivity index (χ1n) is 43.9. The van der Waals surface area contributed by atoms with Gasteiger partial charge in [0.25, 0.3) is 16.7 Å². The third-order valence-corrected chi connectivity index (χ3v) is 28.8. The van der Waals surface area contributed by atoms with Crippen molar-refractivity contribution in [3.05, 3.63) is 253 Å². The summed E-state index contributed by atoms with van der Waals surface area (Å²) in [5.41, 5.74) is 19.2. The molecule has 0 aliphatic carbocycles. The highest BCUT2D eigenvalue weighted by molar-refractivity contribution is 6.47. The molecule has 12 heterocycles. The molecule has 9 aromatic heterocycles. The van der Waals surface area contributed by atoms with Gasteiger partial charge in [-0.1, -0.05) is 189 Å². The second-order valence-corrected chi connectivity index (χ2v) is 39.6. The van der Waals surface area contributed by atoms with Gasteiger partial charge in [0, 0.05) is 121 Å². The SMILES string of the molecule is C=CC(=O)N1[C@H](C)CN(c2c(C#N)c(=O)n(-c3c(C)ccnc3C(C)C)c3nc(-c4c(Cl)c(N)c(Cl)c(F)c4Cl)c(Cl)cc23)C[C@@H]1C.C=CC(=O)N1[C@H](C)CN(c2c(C#N)c(=O)n(-c3c(C)ccnc3C(C)C)c3nc(-c4c(Cl)c(N)c(Cl)c(F)c4Cl)c(Cl)cc23)C[C@@H]1C.C=CC(=O)N1[C@H](C)CN(c2c(C#N)c(=O)n(-c3c(C)ccnc3C(C)C)c3nc(-c4c(F)c(F)c(Cl)c(N)c4Cl)c(Cl)cc23)C[C@@H]1C. The fourth-order valence-electron chi connectivity index (χ4n) is 18.8. The van der Waals surface area contributed by atoms with Crippen molar-refractivity contribution in [1.82, 2.24) is 58.3 Å². The fraction of sp³-hybridized carbons (Fsp3) is 0.303. The molecule has 3 amide bonds. The van der Waals surface area contributed by atoms with Crippen LogP contribution in [0.4, 0.5) is 51.7 Å². The maximum atomic E-state index is 15.5. The number of hydrogen-bond donors (Lipinski definition) is 3. The van der Waals surface area contributed by atoms with Crippen LogP contribution in [0.5, 0.6) is 0 Å². The number of nitrogen functional groups attached to an aromatic ring is 3. The minimum Gasteiger partial charge on any atom is -0.396 e. The van der Waals surface area contributed by atoms with Crippen LogP contribution in [0, 0.1) is 78.0 Å². The minimum atomic E-state index is -1.44. The molecular weight excluding hydrogens is 2050 g/mol. The highest BCUT2D eigenvalue weighted by Gasteiger charge is 2.42. The molecule has 3 saturated heterocycles. The molecule has 42 heteroatoms. The molecule has 6 N–H and O–H groups in total. The maximum absolute atomic E-state index is 15.5. The van der Waals surface area contributed by atoms with Crippen LogP contribution in [0.15, 0.2) is 107 Å². The number of hydrogen-bond acceptors (Lipinski definition) is 21. The third-order valence-electron chi connectivity index (χ3n) is 24.9. The molecule has 0 spiro atoms. The Hall–Kier alpha value is -12.0. The van der Waals surface area contributed by atoms with Crippen molar-refractivity contribution >= 4 is 213 Å². The lowest BCUT2D eigenvalue weighted by atomic mass is 10.0. The summed E-state index contributed by atoms with van der Waals surface area (Å²) in [4.78, 5) is 120. The summed E-state index contributed by atoms with van der Waals surface area (Å²) < 4.78 is 64.6. The molecule has 3 aliphatic rings. The molecule has 15 rings (SSSR count). The van der Waals surface area contributed by atoms with Gasteiger partial charge in [-0.3, -0.25) is 57.4 Å². The largest absolute Gasteiger partial charge is 0.396 e. The number of rotatable bonds is 15. The van der Waals surface area contributed by atoms with Crippen LogP contribution in [0.1, 0.15) is 151 Å². The number of pyridine rings is 9. The first kappa shape index (κ1) is 106. The molecule has 3 aliphatic heterocycles. The predicted molar refractivity (Wildman–Crippen MR) is 555 cm³/mol. The Bertz CT molecular complexity index is 6860. The number of benzene rings is 3. The van der Waals surface area contributed by atoms with E-state index >= 15 is 13.2 Å². The predicted octanol–water partition coefficient (Wildman–Crippen LogP) is 22.6. The van der Waals surface area contributed by atoms with E-state index in [2.05, 4.69) is 57.9 Å². The van der Waals surface area contributed by atoms with Crippen molar-refractivity contribution in [2.75, 3.05) is 71.2 Å². The Morgan fingerprint density at radius 2 is 0.617 bits per heavy atom. The Morgan fingerprint density at radius 3 is 0.851 bits per heavy atom. The van der Waals surface area contributed by atoms with E-state index in [-0.39, 0.29) is 220 Å². The van der Waals surface area contributed by atoms with E-state index in [0.717, 1.165) is 0 Å². The van der Waals surface area contributed by atoms with Crippen molar-refractivity contribution in [3.63, 3.8) is 0 Å². The van der Waals surface area contributed by atoms with Gasteiger partial charge in [-0.25, -0.2) is 32.5 Å². The van der Waals surface area contributed by atoms with Crippen molar-refractivity contribution in [1.29, 1.82) is 15.8 Å². The van der Waals surface area contributed by atoms with E-state index in [1.807, 2.05) is 112 Å². The molecule has 12 aromatic rings. The van der Waals surface area contributed by atoms with Gasteiger partial charge in [-0.2, -0.15) is 15.8 Å². The monoisotopic (exact) mass is 2130 g/mol. The van der Waals surface area contributed by atoms with Crippen LogP contribution in [-0.2, 0) is 14.4 Å². The van der Waals surface area contributed by atoms with Gasteiger partial charge in [-0.05, 0) is 151 Å². The summed E-state index contributed by atoms with van der Waals surface area (Å²) in [5.74, 6) is -6.03. The van der Waals surface area contributed by atoms with Crippen molar-refractivity contribution < 1.29 is 31.9 Å². The number of nitrogens with two attached hydrogens (primary N) is 3. The van der Waals surface area contributed by atoms with Crippen molar-refractivity contribution in [3.8, 4) is 69.0 Å². The number of amides is 3. The van der Waals surface area contributed by atoms with Gasteiger partial charge in [0.05, 0.1) is 131 Å². The Labute approximate surface area is 863 Å². The Balaban J connectivity index is 0.000000178. The minimum absolute atomic E-state index is 0.00804. The van der Waals surface area contributed by atoms with Crippen LogP contribution in [0.2, 0.25) is 55.2 Å². The number of aromatic nitrogens is 9. The fourth-order valence-corrected chi connectivity index (χ4v) is 21.8. The Morgan fingerprint density at radius 1 is 0.383 bits per heavy atom. The molecule has 3 aromatic carbocycles. The van der Waals surface area contributed by atoms with E-state index in [9.17, 15) is 48.9 Å². The van der Waals surface area contributed by atoms with Gasteiger partial charge in [0.15, 0.2) is 23.3 Å². The van der Waals surface area contributed by atoms with E-state index in [4.69, 9.17) is 155 Å². The van der Waals surface area contributed by atoms with Crippen molar-refractivity contribution in [2.24, 2.45) is 0 Å².